The summed E-state index contributed by atoms with van der Waals surface area (Å²) in [7, 11) is 0. The van der Waals surface area contributed by atoms with Gasteiger partial charge in [-0.15, -0.1) is 0 Å². The molecule has 0 bridgehead atoms. The minimum atomic E-state index is -0.510. The zero-order chi connectivity index (χ0) is 22.8. The fourth-order valence-electron chi connectivity index (χ4n) is 3.62. The lowest BCUT2D eigenvalue weighted by Crippen LogP contribution is -2.30. The molecule has 2 N–H and O–H groups in total. The van der Waals surface area contributed by atoms with E-state index in [9.17, 15) is 14.4 Å². The lowest BCUT2D eigenvalue weighted by atomic mass is 10.1. The van der Waals surface area contributed by atoms with Crippen LogP contribution in [0.25, 0.3) is 11.8 Å². The Morgan fingerprint density at radius 1 is 1.06 bits per heavy atom. The first-order valence-corrected chi connectivity index (χ1v) is 10.7. The summed E-state index contributed by atoms with van der Waals surface area (Å²) in [4.78, 5) is 39.7. The number of rotatable bonds is 6. The van der Waals surface area contributed by atoms with Crippen molar-refractivity contribution in [2.45, 2.75) is 33.2 Å². The Kier molecular flexibility index (Phi) is 6.01. The van der Waals surface area contributed by atoms with E-state index in [-0.39, 0.29) is 17.8 Å². The second-order valence-electron chi connectivity index (χ2n) is 7.74. The number of hydrogen-bond donors (Lipinski definition) is 2. The van der Waals surface area contributed by atoms with Gasteiger partial charge in [-0.2, -0.15) is 0 Å². The molecule has 0 aliphatic carbocycles. The molecule has 0 atom stereocenters. The fourth-order valence-corrected chi connectivity index (χ4v) is 3.80. The first-order valence-electron chi connectivity index (χ1n) is 10.4. The summed E-state index contributed by atoms with van der Waals surface area (Å²) in [6, 6.07) is 14.0. The van der Waals surface area contributed by atoms with Crippen LogP contribution in [0.4, 0.5) is 4.79 Å². The van der Waals surface area contributed by atoms with Crippen LogP contribution in [0.5, 0.6) is 0 Å². The standard InChI is InChI=1S/C24H23ClN4O3/c1-3-5-20-19(22(30)29(27-20)18-7-4-6-17(25)12-18)13-21-23(31)28(24(32)26-21)14-16-10-8-15(2)9-11-16/h4,6-13,27H,3,5,14H2,1-2H3,(H,26,32)/b21-13-. The lowest BCUT2D eigenvalue weighted by Gasteiger charge is -2.11. The first-order chi connectivity index (χ1) is 15.4. The average molecular weight is 451 g/mol. The molecule has 1 saturated heterocycles. The number of imide groups is 1. The SMILES string of the molecule is CCCc1[nH]n(-c2cccc(Cl)c2)c(=O)c1/C=C1\NC(=O)N(Cc2ccc(C)cc2)C1=O. The Hall–Kier alpha value is -3.58. The van der Waals surface area contributed by atoms with Gasteiger partial charge in [0.1, 0.15) is 5.70 Å². The molecule has 7 nitrogen and oxygen atoms in total. The minimum Gasteiger partial charge on any atom is -0.303 e. The van der Waals surface area contributed by atoms with Crippen molar-refractivity contribution in [3.05, 3.63) is 92.0 Å². The number of aryl methyl sites for hydroxylation is 2. The van der Waals surface area contributed by atoms with Gasteiger partial charge in [-0.1, -0.05) is 60.8 Å². The number of halogens is 1. The number of benzene rings is 2. The summed E-state index contributed by atoms with van der Waals surface area (Å²) in [5.74, 6) is -0.465. The molecule has 2 aromatic carbocycles. The van der Waals surface area contributed by atoms with Gasteiger partial charge in [-0.25, -0.2) is 9.48 Å². The molecule has 2 heterocycles. The number of hydrogen-bond acceptors (Lipinski definition) is 3. The molecular weight excluding hydrogens is 428 g/mol. The number of aromatic nitrogens is 2. The Bertz CT molecular complexity index is 1270. The predicted octanol–water partition coefficient (Wildman–Crippen LogP) is 4.17. The monoisotopic (exact) mass is 450 g/mol. The van der Waals surface area contributed by atoms with Crippen molar-refractivity contribution in [2.24, 2.45) is 0 Å². The first kappa shape index (κ1) is 21.6. The van der Waals surface area contributed by atoms with E-state index >= 15 is 0 Å². The zero-order valence-corrected chi connectivity index (χ0v) is 18.6. The molecule has 3 amide bonds. The maximum atomic E-state index is 13.2. The van der Waals surface area contributed by atoms with Gasteiger partial charge in [-0.3, -0.25) is 19.6 Å². The van der Waals surface area contributed by atoms with Crippen molar-refractivity contribution in [3.8, 4) is 5.69 Å². The quantitative estimate of drug-likeness (QED) is 0.436. The Labute approximate surface area is 190 Å². The molecular formula is C24H23ClN4O3. The second-order valence-corrected chi connectivity index (χ2v) is 8.18. The third kappa shape index (κ3) is 4.24. The molecule has 8 heteroatoms. The van der Waals surface area contributed by atoms with E-state index in [0.717, 1.165) is 22.4 Å². The van der Waals surface area contributed by atoms with Crippen molar-refractivity contribution < 1.29 is 9.59 Å². The largest absolute Gasteiger partial charge is 0.329 e. The van der Waals surface area contributed by atoms with Gasteiger partial charge in [0.25, 0.3) is 11.5 Å². The van der Waals surface area contributed by atoms with E-state index in [0.29, 0.717) is 28.4 Å². The fraction of sp³-hybridized carbons (Fsp3) is 0.208. The van der Waals surface area contributed by atoms with Crippen LogP contribution in [0.1, 0.15) is 35.7 Å². The van der Waals surface area contributed by atoms with Crippen molar-refractivity contribution >= 4 is 29.6 Å². The van der Waals surface area contributed by atoms with Gasteiger partial charge in [0.15, 0.2) is 0 Å². The number of carbonyl (C=O) groups is 2. The van der Waals surface area contributed by atoms with Crippen molar-refractivity contribution in [3.63, 3.8) is 0 Å². The summed E-state index contributed by atoms with van der Waals surface area (Å²) in [6.07, 6.45) is 2.86. The molecule has 1 fully saturated rings. The highest BCUT2D eigenvalue weighted by atomic mass is 35.5. The summed E-state index contributed by atoms with van der Waals surface area (Å²) < 4.78 is 1.40. The van der Waals surface area contributed by atoms with Crippen LogP contribution in [-0.4, -0.2) is 26.6 Å². The predicted molar refractivity (Wildman–Crippen MR) is 124 cm³/mol. The summed E-state index contributed by atoms with van der Waals surface area (Å²) in [5.41, 5.74) is 3.32. The molecule has 0 spiro atoms. The molecule has 164 valence electrons. The number of urea groups is 1. The van der Waals surface area contributed by atoms with Crippen LogP contribution >= 0.6 is 11.6 Å². The number of H-pyrrole nitrogens is 1. The molecule has 1 aliphatic heterocycles. The summed E-state index contributed by atoms with van der Waals surface area (Å²) >= 11 is 6.08. The Morgan fingerprint density at radius 2 is 1.81 bits per heavy atom. The van der Waals surface area contributed by atoms with E-state index in [1.165, 1.54) is 10.8 Å². The van der Waals surface area contributed by atoms with Crippen LogP contribution in [0.3, 0.4) is 0 Å². The highest BCUT2D eigenvalue weighted by molar-refractivity contribution is 6.30. The second kappa shape index (κ2) is 8.88. The minimum absolute atomic E-state index is 0.0776. The number of nitrogens with zero attached hydrogens (tertiary/aromatic N) is 2. The van der Waals surface area contributed by atoms with Crippen molar-refractivity contribution in [2.75, 3.05) is 0 Å². The van der Waals surface area contributed by atoms with E-state index in [2.05, 4.69) is 10.4 Å². The maximum absolute atomic E-state index is 13.2. The van der Waals surface area contributed by atoms with Gasteiger partial charge in [0.2, 0.25) is 0 Å². The molecule has 0 saturated carbocycles. The normalized spacial score (nSPS) is 15.0. The van der Waals surface area contributed by atoms with Crippen LogP contribution in [0, 0.1) is 6.92 Å². The van der Waals surface area contributed by atoms with Gasteiger partial charge < -0.3 is 5.32 Å². The van der Waals surface area contributed by atoms with Crippen LogP contribution in [0.2, 0.25) is 5.02 Å². The van der Waals surface area contributed by atoms with E-state index in [4.69, 9.17) is 11.6 Å². The third-order valence-electron chi connectivity index (χ3n) is 5.28. The number of carbonyl (C=O) groups excluding carboxylic acids is 2. The van der Waals surface area contributed by atoms with Crippen molar-refractivity contribution in [1.29, 1.82) is 0 Å². The Balaban J connectivity index is 1.68. The average Bonchev–Trinajstić information content (AvgIpc) is 3.21. The molecule has 3 aromatic rings. The molecule has 4 rings (SSSR count). The van der Waals surface area contributed by atoms with Gasteiger partial charge in [0.05, 0.1) is 17.8 Å². The molecule has 32 heavy (non-hydrogen) atoms. The number of amides is 3. The third-order valence-corrected chi connectivity index (χ3v) is 5.52. The smallest absolute Gasteiger partial charge is 0.303 e. The van der Waals surface area contributed by atoms with Crippen LogP contribution in [0.15, 0.2) is 59.0 Å². The molecule has 1 aliphatic rings. The van der Waals surface area contributed by atoms with Gasteiger partial charge in [0, 0.05) is 10.7 Å². The summed E-state index contributed by atoms with van der Waals surface area (Å²) in [5, 5.41) is 6.22. The molecule has 1 aromatic heterocycles. The topological polar surface area (TPSA) is 87.2 Å². The maximum Gasteiger partial charge on any atom is 0.329 e. The van der Waals surface area contributed by atoms with Crippen LogP contribution < -0.4 is 10.9 Å². The van der Waals surface area contributed by atoms with Crippen molar-refractivity contribution in [1.82, 2.24) is 20.0 Å². The van der Waals surface area contributed by atoms with Crippen LogP contribution in [-0.2, 0) is 17.8 Å². The highest BCUT2D eigenvalue weighted by Crippen LogP contribution is 2.19. The number of aromatic amines is 1. The molecule has 0 radical (unpaired) electrons. The highest BCUT2D eigenvalue weighted by Gasteiger charge is 2.34. The molecule has 0 unspecified atom stereocenters. The number of nitrogens with one attached hydrogen (secondary N) is 2. The van der Waals surface area contributed by atoms with E-state index in [1.807, 2.05) is 38.1 Å². The summed E-state index contributed by atoms with van der Waals surface area (Å²) in [6.45, 7) is 4.13. The zero-order valence-electron chi connectivity index (χ0n) is 17.8. The lowest BCUT2D eigenvalue weighted by molar-refractivity contribution is -0.123. The van der Waals surface area contributed by atoms with E-state index in [1.54, 1.807) is 24.3 Å². The Morgan fingerprint density at radius 3 is 2.50 bits per heavy atom. The van der Waals surface area contributed by atoms with Gasteiger partial charge in [-0.05, 0) is 43.2 Å². The van der Waals surface area contributed by atoms with E-state index < -0.39 is 11.9 Å². The van der Waals surface area contributed by atoms with Gasteiger partial charge >= 0.3 is 6.03 Å².